The van der Waals surface area contributed by atoms with E-state index < -0.39 is 6.61 Å². The fourth-order valence-electron chi connectivity index (χ4n) is 2.82. The van der Waals surface area contributed by atoms with Crippen LogP contribution in [0.15, 0.2) is 24.3 Å². The molecule has 1 aliphatic heterocycles. The first-order valence-corrected chi connectivity index (χ1v) is 7.53. The van der Waals surface area contributed by atoms with Crippen LogP contribution in [0.4, 0.5) is 8.78 Å². The molecule has 3 nitrogen and oxygen atoms in total. The van der Waals surface area contributed by atoms with E-state index in [1.54, 1.807) is 12.1 Å². The van der Waals surface area contributed by atoms with Gasteiger partial charge >= 0.3 is 6.61 Å². The number of alkyl halides is 2. The van der Waals surface area contributed by atoms with E-state index in [0.717, 1.165) is 31.5 Å². The normalized spacial score (nSPS) is 20.9. The summed E-state index contributed by atoms with van der Waals surface area (Å²) in [5.74, 6) is 0.221. The Morgan fingerprint density at radius 1 is 1.33 bits per heavy atom. The van der Waals surface area contributed by atoms with Crippen LogP contribution < -0.4 is 10.1 Å². The number of ether oxygens (including phenoxy) is 1. The summed E-state index contributed by atoms with van der Waals surface area (Å²) in [6.07, 6.45) is 3.24. The van der Waals surface area contributed by atoms with Gasteiger partial charge in [0.1, 0.15) is 5.75 Å². The lowest BCUT2D eigenvalue weighted by Gasteiger charge is -2.24. The summed E-state index contributed by atoms with van der Waals surface area (Å²) in [6.45, 7) is 1.75. The van der Waals surface area contributed by atoms with Crippen LogP contribution in [0, 0.1) is 0 Å². The highest BCUT2D eigenvalue weighted by Gasteiger charge is 2.24. The molecule has 0 spiro atoms. The van der Waals surface area contributed by atoms with Gasteiger partial charge < -0.3 is 10.1 Å². The molecular formula is C16H24F2N2O. The van der Waals surface area contributed by atoms with Crippen LogP contribution in [-0.2, 0) is 6.42 Å². The minimum Gasteiger partial charge on any atom is -0.435 e. The Bertz CT molecular complexity index is 425. The van der Waals surface area contributed by atoms with E-state index in [4.69, 9.17) is 0 Å². The summed E-state index contributed by atoms with van der Waals surface area (Å²) in [5, 5.41) is 3.33. The molecule has 1 fully saturated rings. The lowest BCUT2D eigenvalue weighted by Crippen LogP contribution is -2.35. The first-order chi connectivity index (χ1) is 10.1. The molecule has 5 heteroatoms. The maximum absolute atomic E-state index is 12.1. The maximum atomic E-state index is 12.1. The van der Waals surface area contributed by atoms with Crippen molar-refractivity contribution < 1.29 is 13.5 Å². The largest absolute Gasteiger partial charge is 0.435 e. The second kappa shape index (κ2) is 7.71. The van der Waals surface area contributed by atoms with Crippen molar-refractivity contribution >= 4 is 0 Å². The Morgan fingerprint density at radius 3 is 2.62 bits per heavy atom. The van der Waals surface area contributed by atoms with E-state index >= 15 is 0 Å². The van der Waals surface area contributed by atoms with Gasteiger partial charge in [-0.15, -0.1) is 0 Å². The number of likely N-dealkylation sites (N-methyl/N-ethyl adjacent to an activating group) is 1. The molecule has 2 rings (SSSR count). The Balaban J connectivity index is 1.77. The van der Waals surface area contributed by atoms with Crippen molar-refractivity contribution in [3.63, 3.8) is 0 Å². The molecule has 0 aromatic heterocycles. The van der Waals surface area contributed by atoms with Crippen LogP contribution in [-0.4, -0.2) is 43.7 Å². The third-order valence-electron chi connectivity index (χ3n) is 4.25. The molecule has 1 aromatic carbocycles. The predicted molar refractivity (Wildman–Crippen MR) is 79.9 cm³/mol. The molecular weight excluding hydrogens is 274 g/mol. The Morgan fingerprint density at radius 2 is 2.05 bits per heavy atom. The van der Waals surface area contributed by atoms with Crippen molar-refractivity contribution in [2.75, 3.05) is 20.1 Å². The average Bonchev–Trinajstić information content (AvgIpc) is 2.94. The first kappa shape index (κ1) is 16.2. The highest BCUT2D eigenvalue weighted by atomic mass is 19.3. The second-order valence-corrected chi connectivity index (χ2v) is 5.68. The lowest BCUT2D eigenvalue weighted by molar-refractivity contribution is -0.0498. The quantitative estimate of drug-likeness (QED) is 0.837. The minimum atomic E-state index is -2.76. The van der Waals surface area contributed by atoms with Crippen LogP contribution in [0.1, 0.15) is 25.3 Å². The van der Waals surface area contributed by atoms with Gasteiger partial charge in [-0.25, -0.2) is 0 Å². The zero-order valence-corrected chi connectivity index (χ0v) is 12.7. The van der Waals surface area contributed by atoms with Crippen LogP contribution in [0.5, 0.6) is 5.75 Å². The van der Waals surface area contributed by atoms with Gasteiger partial charge in [0.05, 0.1) is 0 Å². The molecule has 1 aliphatic rings. The van der Waals surface area contributed by atoms with E-state index in [0.29, 0.717) is 12.1 Å². The molecule has 2 unspecified atom stereocenters. The number of hydrogen-bond donors (Lipinski definition) is 1. The van der Waals surface area contributed by atoms with E-state index in [-0.39, 0.29) is 5.75 Å². The molecule has 2 atom stereocenters. The third-order valence-corrected chi connectivity index (χ3v) is 4.25. The van der Waals surface area contributed by atoms with E-state index in [9.17, 15) is 8.78 Å². The number of halogens is 2. The van der Waals surface area contributed by atoms with Gasteiger partial charge in [0, 0.05) is 25.2 Å². The first-order valence-electron chi connectivity index (χ1n) is 7.53. The van der Waals surface area contributed by atoms with Crippen molar-refractivity contribution in [1.82, 2.24) is 10.2 Å². The summed E-state index contributed by atoms with van der Waals surface area (Å²) in [5.41, 5.74) is 1.16. The fraction of sp³-hybridized carbons (Fsp3) is 0.625. The zero-order valence-electron chi connectivity index (χ0n) is 12.7. The van der Waals surface area contributed by atoms with Crippen LogP contribution >= 0.6 is 0 Å². The Hall–Kier alpha value is -1.20. The van der Waals surface area contributed by atoms with Gasteiger partial charge in [-0.05, 0) is 50.9 Å². The number of nitrogens with one attached hydrogen (secondary N) is 1. The van der Waals surface area contributed by atoms with Gasteiger partial charge in [0.15, 0.2) is 0 Å². The predicted octanol–water partition coefficient (Wildman–Crippen LogP) is 2.90. The molecule has 0 aliphatic carbocycles. The summed E-state index contributed by atoms with van der Waals surface area (Å²) in [4.78, 5) is 2.51. The maximum Gasteiger partial charge on any atom is 0.387 e. The number of rotatable bonds is 7. The summed E-state index contributed by atoms with van der Waals surface area (Å²) >= 11 is 0. The van der Waals surface area contributed by atoms with Crippen molar-refractivity contribution in [2.24, 2.45) is 0 Å². The highest BCUT2D eigenvalue weighted by Crippen LogP contribution is 2.19. The molecule has 1 N–H and O–H groups in total. The van der Waals surface area contributed by atoms with Gasteiger partial charge in [-0.3, -0.25) is 4.90 Å². The number of hydrogen-bond acceptors (Lipinski definition) is 3. The Labute approximate surface area is 125 Å². The fourth-order valence-corrected chi connectivity index (χ4v) is 2.82. The highest BCUT2D eigenvalue weighted by molar-refractivity contribution is 5.27. The minimum absolute atomic E-state index is 0.221. The summed E-state index contributed by atoms with van der Waals surface area (Å²) in [6, 6.07) is 8.10. The second-order valence-electron chi connectivity index (χ2n) is 5.68. The molecule has 0 amide bonds. The molecule has 1 heterocycles. The van der Waals surface area contributed by atoms with E-state index in [1.807, 2.05) is 19.2 Å². The van der Waals surface area contributed by atoms with Gasteiger partial charge in [0.2, 0.25) is 0 Å². The van der Waals surface area contributed by atoms with Crippen molar-refractivity contribution in [3.8, 4) is 5.75 Å². The molecule has 0 radical (unpaired) electrons. The average molecular weight is 298 g/mol. The van der Waals surface area contributed by atoms with Crippen molar-refractivity contribution in [1.29, 1.82) is 0 Å². The lowest BCUT2D eigenvalue weighted by atomic mass is 10.1. The monoisotopic (exact) mass is 298 g/mol. The number of nitrogens with zero attached hydrogens (tertiary/aromatic N) is 1. The van der Waals surface area contributed by atoms with Crippen molar-refractivity contribution in [2.45, 2.75) is 44.9 Å². The summed E-state index contributed by atoms with van der Waals surface area (Å²) < 4.78 is 28.5. The molecule has 21 heavy (non-hydrogen) atoms. The molecule has 0 saturated carbocycles. The molecule has 0 bridgehead atoms. The van der Waals surface area contributed by atoms with Crippen molar-refractivity contribution in [3.05, 3.63) is 29.8 Å². The number of benzene rings is 1. The standard InChI is InChI=1S/C16H24F2N2O/c1-12(20-10-9-14(11-20)19-2)3-4-13-5-7-15(8-6-13)21-16(17)18/h5-8,12,14,16,19H,3-4,9-11H2,1-2H3. The van der Waals surface area contributed by atoms with Crippen LogP contribution in [0.3, 0.4) is 0 Å². The Kier molecular flexibility index (Phi) is 5.94. The summed E-state index contributed by atoms with van der Waals surface area (Å²) in [7, 11) is 2.02. The smallest absolute Gasteiger partial charge is 0.387 e. The van der Waals surface area contributed by atoms with Crippen LogP contribution in [0.25, 0.3) is 0 Å². The molecule has 1 aromatic rings. The van der Waals surface area contributed by atoms with Gasteiger partial charge in [-0.1, -0.05) is 12.1 Å². The number of aryl methyl sites for hydroxylation is 1. The third kappa shape index (κ3) is 4.93. The van der Waals surface area contributed by atoms with E-state index in [1.165, 1.54) is 6.42 Å². The SMILES string of the molecule is CNC1CCN(C(C)CCc2ccc(OC(F)F)cc2)C1. The molecule has 118 valence electrons. The molecule has 1 saturated heterocycles. The zero-order chi connectivity index (χ0) is 15.2. The van der Waals surface area contributed by atoms with E-state index in [2.05, 4.69) is 21.9 Å². The van der Waals surface area contributed by atoms with Gasteiger partial charge in [-0.2, -0.15) is 8.78 Å². The van der Waals surface area contributed by atoms with Crippen LogP contribution in [0.2, 0.25) is 0 Å². The number of likely N-dealkylation sites (tertiary alicyclic amines) is 1. The van der Waals surface area contributed by atoms with Gasteiger partial charge in [0.25, 0.3) is 0 Å². The topological polar surface area (TPSA) is 24.5 Å².